The number of hydrogen-bond donors (Lipinski definition) is 1. The Morgan fingerprint density at radius 1 is 1.43 bits per heavy atom. The molecule has 1 fully saturated rings. The molecule has 4 heteroatoms. The Morgan fingerprint density at radius 2 is 2.05 bits per heavy atom. The largest absolute Gasteiger partial charge is 0.387 e. The Hall–Kier alpha value is -1.39. The highest BCUT2D eigenvalue weighted by Gasteiger charge is 2.46. The molecular formula is C17H25NO3. The van der Waals surface area contributed by atoms with Crippen molar-refractivity contribution in [1.29, 1.82) is 0 Å². The molecule has 1 saturated heterocycles. The highest BCUT2D eigenvalue weighted by atomic mass is 16.5. The molecule has 1 aliphatic heterocycles. The van der Waals surface area contributed by atoms with Gasteiger partial charge in [-0.1, -0.05) is 32.9 Å². The van der Waals surface area contributed by atoms with E-state index in [4.69, 9.17) is 4.74 Å². The number of ether oxygens (including phenoxy) is 1. The standard InChI is InChI=1S/C17H25NO3/c1-12(2)17(20)11-18(9-13(17)3)16(19)15-7-5-14(6-8-15)10-21-4/h5-8,12-13,20H,9-11H2,1-4H3/t13-,17-/m0/s1. The van der Waals surface area contributed by atoms with Crippen LogP contribution in [0.2, 0.25) is 0 Å². The molecule has 0 aromatic heterocycles. The predicted octanol–water partition coefficient (Wildman–Crippen LogP) is 2.31. The third-order valence-corrected chi connectivity index (χ3v) is 4.59. The predicted molar refractivity (Wildman–Crippen MR) is 82.0 cm³/mol. The van der Waals surface area contributed by atoms with E-state index in [0.29, 0.717) is 25.3 Å². The Morgan fingerprint density at radius 3 is 2.52 bits per heavy atom. The van der Waals surface area contributed by atoms with Crippen molar-refractivity contribution < 1.29 is 14.6 Å². The molecule has 1 amide bonds. The Balaban J connectivity index is 2.11. The van der Waals surface area contributed by atoms with Gasteiger partial charge in [0, 0.05) is 25.1 Å². The van der Waals surface area contributed by atoms with Crippen LogP contribution in [0.1, 0.15) is 36.7 Å². The first kappa shape index (κ1) is 16.0. The fraction of sp³-hybridized carbons (Fsp3) is 0.588. The summed E-state index contributed by atoms with van der Waals surface area (Å²) in [5, 5.41) is 10.7. The molecule has 0 spiro atoms. The number of methoxy groups -OCH3 is 1. The molecule has 4 nitrogen and oxygen atoms in total. The molecule has 116 valence electrons. The lowest BCUT2D eigenvalue weighted by Crippen LogP contribution is -2.43. The molecule has 2 rings (SSSR count). The number of likely N-dealkylation sites (tertiary alicyclic amines) is 1. The third kappa shape index (κ3) is 3.11. The van der Waals surface area contributed by atoms with Crippen molar-refractivity contribution in [3.05, 3.63) is 35.4 Å². The van der Waals surface area contributed by atoms with Gasteiger partial charge in [-0.25, -0.2) is 0 Å². The summed E-state index contributed by atoms with van der Waals surface area (Å²) < 4.78 is 5.07. The molecule has 0 bridgehead atoms. The summed E-state index contributed by atoms with van der Waals surface area (Å²) in [6.07, 6.45) is 0. The van der Waals surface area contributed by atoms with Gasteiger partial charge in [0.1, 0.15) is 0 Å². The summed E-state index contributed by atoms with van der Waals surface area (Å²) in [5.74, 6) is 0.214. The van der Waals surface area contributed by atoms with Gasteiger partial charge >= 0.3 is 0 Å². The molecule has 1 heterocycles. The molecule has 1 aliphatic rings. The number of nitrogens with zero attached hydrogens (tertiary/aromatic N) is 1. The van der Waals surface area contributed by atoms with Gasteiger partial charge in [0.2, 0.25) is 0 Å². The van der Waals surface area contributed by atoms with Gasteiger partial charge < -0.3 is 14.7 Å². The second kappa shape index (κ2) is 6.16. The summed E-state index contributed by atoms with van der Waals surface area (Å²) >= 11 is 0. The first-order chi connectivity index (χ1) is 9.88. The van der Waals surface area contributed by atoms with E-state index in [2.05, 4.69) is 0 Å². The van der Waals surface area contributed by atoms with Gasteiger partial charge in [-0.2, -0.15) is 0 Å². The third-order valence-electron chi connectivity index (χ3n) is 4.59. The highest BCUT2D eigenvalue weighted by molar-refractivity contribution is 5.94. The average molecular weight is 291 g/mol. The average Bonchev–Trinajstić information content (AvgIpc) is 2.77. The van der Waals surface area contributed by atoms with Gasteiger partial charge in [0.15, 0.2) is 0 Å². The maximum Gasteiger partial charge on any atom is 0.253 e. The van der Waals surface area contributed by atoms with E-state index in [1.165, 1.54) is 0 Å². The van der Waals surface area contributed by atoms with Crippen molar-refractivity contribution >= 4 is 5.91 Å². The summed E-state index contributed by atoms with van der Waals surface area (Å²) in [5.41, 5.74) is 0.920. The normalized spacial score (nSPS) is 25.6. The molecule has 0 saturated carbocycles. The van der Waals surface area contributed by atoms with Gasteiger partial charge in [-0.05, 0) is 23.6 Å². The minimum Gasteiger partial charge on any atom is -0.387 e. The van der Waals surface area contributed by atoms with E-state index in [0.717, 1.165) is 5.56 Å². The van der Waals surface area contributed by atoms with Crippen LogP contribution >= 0.6 is 0 Å². The number of β-amino-alcohol motifs (C(OH)–C–C–N with tert-alkyl or cyclic N) is 1. The van der Waals surface area contributed by atoms with E-state index < -0.39 is 5.60 Å². The number of aliphatic hydroxyl groups is 1. The van der Waals surface area contributed by atoms with E-state index in [-0.39, 0.29) is 17.7 Å². The van der Waals surface area contributed by atoms with Crippen molar-refractivity contribution in [2.45, 2.75) is 33.0 Å². The van der Waals surface area contributed by atoms with Crippen molar-refractivity contribution in [1.82, 2.24) is 4.90 Å². The minimum atomic E-state index is -0.786. The number of hydrogen-bond acceptors (Lipinski definition) is 3. The Labute approximate surface area is 126 Å². The van der Waals surface area contributed by atoms with Crippen molar-refractivity contribution in [2.24, 2.45) is 11.8 Å². The smallest absolute Gasteiger partial charge is 0.253 e. The molecule has 2 atom stereocenters. The first-order valence-corrected chi connectivity index (χ1v) is 7.48. The molecule has 1 aromatic carbocycles. The SMILES string of the molecule is COCc1ccc(C(=O)N2C[C@H](C)[C@@](O)(C(C)C)C2)cc1. The summed E-state index contributed by atoms with van der Waals surface area (Å²) in [6, 6.07) is 7.47. The topological polar surface area (TPSA) is 49.8 Å². The molecule has 1 N–H and O–H groups in total. The van der Waals surface area contributed by atoms with Crippen molar-refractivity contribution in [2.75, 3.05) is 20.2 Å². The summed E-state index contributed by atoms with van der Waals surface area (Å²) in [6.45, 7) is 7.57. The zero-order valence-corrected chi connectivity index (χ0v) is 13.3. The Bertz CT molecular complexity index is 497. The maximum atomic E-state index is 12.6. The number of amides is 1. The lowest BCUT2D eigenvalue weighted by molar-refractivity contribution is -0.0243. The molecule has 1 aromatic rings. The number of benzene rings is 1. The van der Waals surface area contributed by atoms with E-state index in [1.54, 1.807) is 12.0 Å². The fourth-order valence-corrected chi connectivity index (χ4v) is 3.01. The first-order valence-electron chi connectivity index (χ1n) is 7.48. The second-order valence-corrected chi connectivity index (χ2v) is 6.36. The van der Waals surface area contributed by atoms with Crippen LogP contribution in [0.3, 0.4) is 0 Å². The quantitative estimate of drug-likeness (QED) is 0.926. The van der Waals surface area contributed by atoms with E-state index in [1.807, 2.05) is 45.0 Å². The van der Waals surface area contributed by atoms with Crippen LogP contribution in [0.5, 0.6) is 0 Å². The van der Waals surface area contributed by atoms with Crippen LogP contribution in [0.4, 0.5) is 0 Å². The lowest BCUT2D eigenvalue weighted by Gasteiger charge is -2.31. The van der Waals surface area contributed by atoms with E-state index >= 15 is 0 Å². The van der Waals surface area contributed by atoms with Gasteiger partial charge in [-0.3, -0.25) is 4.79 Å². The molecule has 21 heavy (non-hydrogen) atoms. The van der Waals surface area contributed by atoms with Gasteiger partial charge in [-0.15, -0.1) is 0 Å². The molecular weight excluding hydrogens is 266 g/mol. The number of rotatable bonds is 4. The minimum absolute atomic E-state index is 0.0117. The van der Waals surface area contributed by atoms with Crippen LogP contribution in [0.25, 0.3) is 0 Å². The lowest BCUT2D eigenvalue weighted by atomic mass is 9.82. The second-order valence-electron chi connectivity index (χ2n) is 6.36. The zero-order valence-electron chi connectivity index (χ0n) is 13.3. The monoisotopic (exact) mass is 291 g/mol. The summed E-state index contributed by atoms with van der Waals surface area (Å²) in [4.78, 5) is 14.3. The van der Waals surface area contributed by atoms with Crippen molar-refractivity contribution in [3.8, 4) is 0 Å². The van der Waals surface area contributed by atoms with Gasteiger partial charge in [0.05, 0.1) is 18.8 Å². The summed E-state index contributed by atoms with van der Waals surface area (Å²) in [7, 11) is 1.65. The molecule has 0 aliphatic carbocycles. The van der Waals surface area contributed by atoms with Crippen LogP contribution < -0.4 is 0 Å². The van der Waals surface area contributed by atoms with Crippen LogP contribution in [-0.4, -0.2) is 41.7 Å². The fourth-order valence-electron chi connectivity index (χ4n) is 3.01. The number of carbonyl (C=O) groups is 1. The van der Waals surface area contributed by atoms with Crippen LogP contribution in [0.15, 0.2) is 24.3 Å². The van der Waals surface area contributed by atoms with Crippen molar-refractivity contribution in [3.63, 3.8) is 0 Å². The Kier molecular flexibility index (Phi) is 4.69. The van der Waals surface area contributed by atoms with E-state index in [9.17, 15) is 9.90 Å². The molecule has 0 unspecified atom stereocenters. The van der Waals surface area contributed by atoms with Crippen LogP contribution in [-0.2, 0) is 11.3 Å². The van der Waals surface area contributed by atoms with Crippen LogP contribution in [0, 0.1) is 11.8 Å². The number of carbonyl (C=O) groups excluding carboxylic acids is 1. The maximum absolute atomic E-state index is 12.6. The zero-order chi connectivity index (χ0) is 15.6. The highest BCUT2D eigenvalue weighted by Crippen LogP contribution is 2.34. The molecule has 0 radical (unpaired) electrons. The van der Waals surface area contributed by atoms with Gasteiger partial charge in [0.25, 0.3) is 5.91 Å².